The van der Waals surface area contributed by atoms with Gasteiger partial charge in [-0.2, -0.15) is 0 Å². The summed E-state index contributed by atoms with van der Waals surface area (Å²) in [6.45, 7) is 1.50. The van der Waals surface area contributed by atoms with Crippen molar-refractivity contribution in [1.29, 1.82) is 0 Å². The van der Waals surface area contributed by atoms with Crippen LogP contribution in [0.25, 0.3) is 0 Å². The van der Waals surface area contributed by atoms with Crippen LogP contribution in [0.2, 0.25) is 0 Å². The first kappa shape index (κ1) is 13.9. The highest BCUT2D eigenvalue weighted by atomic mass is 32.2. The molecule has 1 fully saturated rings. The Kier molecular flexibility index (Phi) is 6.31. The van der Waals surface area contributed by atoms with Gasteiger partial charge in [0.05, 0.1) is 5.75 Å². The van der Waals surface area contributed by atoms with Crippen molar-refractivity contribution in [2.45, 2.75) is 38.5 Å². The summed E-state index contributed by atoms with van der Waals surface area (Å²) in [5, 5.41) is 3.20. The summed E-state index contributed by atoms with van der Waals surface area (Å²) in [7, 11) is -1.58. The molecule has 0 atom stereocenters. The van der Waals surface area contributed by atoms with Crippen LogP contribution < -0.4 is 10.0 Å². The fourth-order valence-electron chi connectivity index (χ4n) is 2.22. The largest absolute Gasteiger partial charge is 0.316 e. The summed E-state index contributed by atoms with van der Waals surface area (Å²) in [4.78, 5) is 0. The Morgan fingerprint density at radius 1 is 1.12 bits per heavy atom. The lowest BCUT2D eigenvalue weighted by molar-refractivity contribution is 0.335. The smallest absolute Gasteiger partial charge is 0.212 e. The van der Waals surface area contributed by atoms with Gasteiger partial charge >= 0.3 is 0 Å². The van der Waals surface area contributed by atoms with E-state index in [0.29, 0.717) is 6.54 Å². The van der Waals surface area contributed by atoms with E-state index < -0.39 is 10.0 Å². The first-order chi connectivity index (χ1) is 7.64. The van der Waals surface area contributed by atoms with Crippen molar-refractivity contribution in [2.75, 3.05) is 25.9 Å². The zero-order chi connectivity index (χ0) is 11.9. The van der Waals surface area contributed by atoms with Crippen molar-refractivity contribution >= 4 is 10.0 Å². The van der Waals surface area contributed by atoms with Crippen LogP contribution in [0.1, 0.15) is 38.5 Å². The molecule has 1 aliphatic carbocycles. The monoisotopic (exact) mass is 248 g/mol. The van der Waals surface area contributed by atoms with Crippen LogP contribution in [-0.2, 0) is 10.0 Å². The Morgan fingerprint density at radius 3 is 2.44 bits per heavy atom. The summed E-state index contributed by atoms with van der Waals surface area (Å²) in [5.74, 6) is 1.04. The molecule has 0 aromatic carbocycles. The second kappa shape index (κ2) is 7.25. The fraction of sp³-hybridized carbons (Fsp3) is 1.00. The lowest BCUT2D eigenvalue weighted by Crippen LogP contribution is -2.30. The molecule has 0 aliphatic heterocycles. The molecule has 1 aliphatic rings. The van der Waals surface area contributed by atoms with E-state index in [9.17, 15) is 8.42 Å². The topological polar surface area (TPSA) is 58.2 Å². The third kappa shape index (κ3) is 5.82. The van der Waals surface area contributed by atoms with Crippen LogP contribution in [0.5, 0.6) is 0 Å². The predicted octanol–water partition coefficient (Wildman–Crippen LogP) is 1.10. The zero-order valence-electron chi connectivity index (χ0n) is 10.2. The molecule has 4 nitrogen and oxygen atoms in total. The number of hydrogen-bond acceptors (Lipinski definition) is 3. The average Bonchev–Trinajstić information content (AvgIpc) is 2.30. The molecule has 0 spiro atoms. The van der Waals surface area contributed by atoms with Crippen LogP contribution >= 0.6 is 0 Å². The van der Waals surface area contributed by atoms with Crippen molar-refractivity contribution in [3.8, 4) is 0 Å². The van der Waals surface area contributed by atoms with Gasteiger partial charge < -0.3 is 5.32 Å². The molecule has 0 unspecified atom stereocenters. The second-order valence-corrected chi connectivity index (χ2v) is 6.61. The molecule has 0 bridgehead atoms. The van der Waals surface area contributed by atoms with E-state index in [0.717, 1.165) is 12.5 Å². The fourth-order valence-corrected chi connectivity index (χ4v) is 2.83. The van der Waals surface area contributed by atoms with Crippen LogP contribution in [-0.4, -0.2) is 34.3 Å². The van der Waals surface area contributed by atoms with Crippen LogP contribution in [0.15, 0.2) is 0 Å². The minimum Gasteiger partial charge on any atom is -0.316 e. The molecule has 0 saturated heterocycles. The van der Waals surface area contributed by atoms with Gasteiger partial charge in [0.15, 0.2) is 0 Å². The number of sulfonamides is 1. The molecule has 16 heavy (non-hydrogen) atoms. The van der Waals surface area contributed by atoms with Crippen molar-refractivity contribution in [2.24, 2.45) is 5.92 Å². The van der Waals surface area contributed by atoms with Crippen molar-refractivity contribution < 1.29 is 8.42 Å². The minimum absolute atomic E-state index is 0.175. The van der Waals surface area contributed by atoms with Gasteiger partial charge in [0.25, 0.3) is 0 Å². The third-order valence-corrected chi connectivity index (χ3v) is 4.68. The Bertz CT molecular complexity index is 272. The molecule has 0 radical (unpaired) electrons. The summed E-state index contributed by atoms with van der Waals surface area (Å²) >= 11 is 0. The highest BCUT2D eigenvalue weighted by Gasteiger charge is 2.12. The molecule has 0 aromatic rings. The van der Waals surface area contributed by atoms with E-state index in [-0.39, 0.29) is 5.75 Å². The minimum atomic E-state index is -3.04. The summed E-state index contributed by atoms with van der Waals surface area (Å²) in [6.07, 6.45) is 8.05. The van der Waals surface area contributed by atoms with Crippen molar-refractivity contribution in [3.63, 3.8) is 0 Å². The number of rotatable bonds is 7. The lowest BCUT2D eigenvalue weighted by Gasteiger charge is -2.21. The number of hydrogen-bond donors (Lipinski definition) is 2. The quantitative estimate of drug-likeness (QED) is 0.663. The van der Waals surface area contributed by atoms with Gasteiger partial charge in [0.1, 0.15) is 0 Å². The standard InChI is InChI=1S/C11H24N2O2S/c1-12-16(14,15)10-9-13-8-7-11-5-3-2-4-6-11/h11-13H,2-10H2,1H3. The van der Waals surface area contributed by atoms with Gasteiger partial charge in [-0.15, -0.1) is 0 Å². The van der Waals surface area contributed by atoms with Crippen molar-refractivity contribution in [1.82, 2.24) is 10.0 Å². The van der Waals surface area contributed by atoms with E-state index in [1.807, 2.05) is 0 Å². The Labute approximate surface area is 99.2 Å². The van der Waals surface area contributed by atoms with Crippen LogP contribution in [0, 0.1) is 5.92 Å². The Morgan fingerprint density at radius 2 is 1.81 bits per heavy atom. The highest BCUT2D eigenvalue weighted by Crippen LogP contribution is 2.25. The van der Waals surface area contributed by atoms with Crippen LogP contribution in [0.4, 0.5) is 0 Å². The summed E-state index contributed by atoms with van der Waals surface area (Å²) in [6, 6.07) is 0. The molecule has 1 rings (SSSR count). The Balaban J connectivity index is 1.99. The van der Waals surface area contributed by atoms with E-state index in [1.54, 1.807) is 0 Å². The predicted molar refractivity (Wildman–Crippen MR) is 66.9 cm³/mol. The zero-order valence-corrected chi connectivity index (χ0v) is 11.0. The SMILES string of the molecule is CNS(=O)(=O)CCNCCC1CCCCC1. The summed E-state index contributed by atoms with van der Waals surface area (Å²) in [5.41, 5.74) is 0. The maximum atomic E-state index is 11.1. The molecule has 0 amide bonds. The van der Waals surface area contributed by atoms with Gasteiger partial charge in [-0.3, -0.25) is 0 Å². The highest BCUT2D eigenvalue weighted by molar-refractivity contribution is 7.89. The first-order valence-electron chi connectivity index (χ1n) is 6.26. The first-order valence-corrected chi connectivity index (χ1v) is 7.91. The molecule has 1 saturated carbocycles. The summed E-state index contributed by atoms with van der Waals surface area (Å²) < 4.78 is 24.5. The average molecular weight is 248 g/mol. The third-order valence-electron chi connectivity index (χ3n) is 3.31. The Hall–Kier alpha value is -0.130. The molecule has 2 N–H and O–H groups in total. The molecular formula is C11H24N2O2S. The maximum absolute atomic E-state index is 11.1. The molecule has 5 heteroatoms. The maximum Gasteiger partial charge on any atom is 0.212 e. The van der Waals surface area contributed by atoms with Crippen LogP contribution in [0.3, 0.4) is 0 Å². The van der Waals surface area contributed by atoms with Gasteiger partial charge in [-0.25, -0.2) is 13.1 Å². The molecule has 96 valence electrons. The molecular weight excluding hydrogens is 224 g/mol. The molecule has 0 aromatic heterocycles. The van der Waals surface area contributed by atoms with E-state index in [1.165, 1.54) is 45.6 Å². The second-order valence-electron chi connectivity index (χ2n) is 4.57. The van der Waals surface area contributed by atoms with E-state index >= 15 is 0 Å². The van der Waals surface area contributed by atoms with Crippen molar-refractivity contribution in [3.05, 3.63) is 0 Å². The van der Waals surface area contributed by atoms with E-state index in [2.05, 4.69) is 10.0 Å². The normalized spacial score (nSPS) is 18.8. The van der Waals surface area contributed by atoms with Gasteiger partial charge in [0.2, 0.25) is 10.0 Å². The van der Waals surface area contributed by atoms with Gasteiger partial charge in [-0.05, 0) is 25.9 Å². The van der Waals surface area contributed by atoms with Gasteiger partial charge in [-0.1, -0.05) is 32.1 Å². The lowest BCUT2D eigenvalue weighted by atomic mass is 9.87. The molecule has 0 heterocycles. The van der Waals surface area contributed by atoms with Gasteiger partial charge in [0, 0.05) is 6.54 Å². The van der Waals surface area contributed by atoms with E-state index in [4.69, 9.17) is 0 Å². The number of nitrogens with one attached hydrogen (secondary N) is 2.